The van der Waals surface area contributed by atoms with Crippen LogP contribution in [0.3, 0.4) is 0 Å². The minimum Gasteiger partial charge on any atom is -0.348 e. The van der Waals surface area contributed by atoms with E-state index in [0.717, 1.165) is 25.7 Å². The highest BCUT2D eigenvalue weighted by molar-refractivity contribution is 6.45. The Morgan fingerprint density at radius 1 is 1.03 bits per heavy atom. The highest BCUT2D eigenvalue weighted by Crippen LogP contribution is 2.37. The molecule has 1 aromatic rings. The summed E-state index contributed by atoms with van der Waals surface area (Å²) < 4.78 is 0. The van der Waals surface area contributed by atoms with Crippen molar-refractivity contribution in [2.45, 2.75) is 58.9 Å². The van der Waals surface area contributed by atoms with Crippen LogP contribution in [0.4, 0.5) is 0 Å². The zero-order chi connectivity index (χ0) is 21.0. The summed E-state index contributed by atoms with van der Waals surface area (Å²) in [6.45, 7) is 7.41. The molecule has 1 aliphatic carbocycles. The normalized spacial score (nSPS) is 22.3. The average molecular weight is 416 g/mol. The third kappa shape index (κ3) is 5.69. The molecular formula is C23H30ClN3O2. The van der Waals surface area contributed by atoms with Gasteiger partial charge in [-0.3, -0.25) is 14.6 Å². The van der Waals surface area contributed by atoms with Crippen LogP contribution in [-0.2, 0) is 4.79 Å². The van der Waals surface area contributed by atoms with Crippen LogP contribution < -0.4 is 10.6 Å². The van der Waals surface area contributed by atoms with E-state index in [0.29, 0.717) is 46.3 Å². The first-order chi connectivity index (χ1) is 13.7. The van der Waals surface area contributed by atoms with Crippen molar-refractivity contribution < 1.29 is 9.59 Å². The van der Waals surface area contributed by atoms with Gasteiger partial charge in [0.2, 0.25) is 0 Å². The molecule has 2 amide bonds. The molecule has 3 rings (SSSR count). The molecule has 1 aliphatic heterocycles. The average Bonchev–Trinajstić information content (AvgIpc) is 2.68. The van der Waals surface area contributed by atoms with Crippen molar-refractivity contribution in [3.8, 4) is 0 Å². The lowest BCUT2D eigenvalue weighted by Crippen LogP contribution is -2.45. The van der Waals surface area contributed by atoms with E-state index in [9.17, 15) is 9.59 Å². The summed E-state index contributed by atoms with van der Waals surface area (Å²) in [5, 5.41) is 6.54. The van der Waals surface area contributed by atoms with Crippen molar-refractivity contribution in [2.75, 3.05) is 6.54 Å². The second kappa shape index (κ2) is 9.12. The van der Waals surface area contributed by atoms with Gasteiger partial charge in [-0.2, -0.15) is 0 Å². The van der Waals surface area contributed by atoms with Crippen LogP contribution in [0.2, 0.25) is 5.02 Å². The number of rotatable bonds is 4. The van der Waals surface area contributed by atoms with Crippen molar-refractivity contribution in [3.63, 3.8) is 0 Å². The minimum absolute atomic E-state index is 0.166. The van der Waals surface area contributed by atoms with E-state index in [1.54, 1.807) is 24.3 Å². The van der Waals surface area contributed by atoms with Gasteiger partial charge < -0.3 is 10.6 Å². The van der Waals surface area contributed by atoms with E-state index in [4.69, 9.17) is 11.6 Å². The highest BCUT2D eigenvalue weighted by atomic mass is 35.5. The molecule has 1 heterocycles. The molecule has 29 heavy (non-hydrogen) atoms. The SMILES string of the molecule is CC(C)(C)C1CCC(NC(=O)C2=NCCC=C2NC(=O)c2ccc(Cl)cc2)CC1. The Kier molecular flexibility index (Phi) is 6.78. The Balaban J connectivity index is 1.59. The number of carbonyl (C=O) groups is 2. The molecule has 2 aliphatic rings. The zero-order valence-electron chi connectivity index (χ0n) is 17.4. The van der Waals surface area contributed by atoms with Gasteiger partial charge in [0.15, 0.2) is 0 Å². The van der Waals surface area contributed by atoms with Crippen molar-refractivity contribution in [1.29, 1.82) is 0 Å². The lowest BCUT2D eigenvalue weighted by molar-refractivity contribution is -0.115. The number of halogens is 1. The zero-order valence-corrected chi connectivity index (χ0v) is 18.2. The van der Waals surface area contributed by atoms with Crippen LogP contribution in [0, 0.1) is 11.3 Å². The van der Waals surface area contributed by atoms with Gasteiger partial charge in [-0.15, -0.1) is 0 Å². The summed E-state index contributed by atoms with van der Waals surface area (Å²) in [7, 11) is 0. The molecule has 156 valence electrons. The molecule has 5 nitrogen and oxygen atoms in total. The maximum atomic E-state index is 12.9. The van der Waals surface area contributed by atoms with Gasteiger partial charge in [0.25, 0.3) is 11.8 Å². The first kappa shape index (κ1) is 21.6. The van der Waals surface area contributed by atoms with Crippen molar-refractivity contribution in [2.24, 2.45) is 16.3 Å². The largest absolute Gasteiger partial charge is 0.348 e. The molecule has 0 bridgehead atoms. The number of amides is 2. The lowest BCUT2D eigenvalue weighted by Gasteiger charge is -2.37. The number of aliphatic imine (C=N–C) groups is 1. The third-order valence-electron chi connectivity index (χ3n) is 5.86. The van der Waals surface area contributed by atoms with Gasteiger partial charge in [-0.1, -0.05) is 38.4 Å². The Hall–Kier alpha value is -2.14. The maximum Gasteiger partial charge on any atom is 0.271 e. The summed E-state index contributed by atoms with van der Waals surface area (Å²) in [6, 6.07) is 6.82. The van der Waals surface area contributed by atoms with E-state index in [2.05, 4.69) is 36.4 Å². The van der Waals surface area contributed by atoms with Gasteiger partial charge >= 0.3 is 0 Å². The van der Waals surface area contributed by atoms with E-state index < -0.39 is 0 Å². The minimum atomic E-state index is -0.277. The van der Waals surface area contributed by atoms with Crippen molar-refractivity contribution in [3.05, 3.63) is 46.6 Å². The summed E-state index contributed by atoms with van der Waals surface area (Å²) >= 11 is 5.88. The van der Waals surface area contributed by atoms with Crippen LogP contribution in [0.1, 0.15) is 63.2 Å². The topological polar surface area (TPSA) is 70.6 Å². The Morgan fingerprint density at radius 3 is 2.31 bits per heavy atom. The summed E-state index contributed by atoms with van der Waals surface area (Å²) in [4.78, 5) is 29.8. The Labute approximate surface area is 178 Å². The summed E-state index contributed by atoms with van der Waals surface area (Å²) in [6.07, 6.45) is 6.78. The molecule has 0 aromatic heterocycles. The molecule has 2 N–H and O–H groups in total. The predicted molar refractivity (Wildman–Crippen MR) is 117 cm³/mol. The molecule has 0 unspecified atom stereocenters. The van der Waals surface area contributed by atoms with Crippen LogP contribution in [0.5, 0.6) is 0 Å². The van der Waals surface area contributed by atoms with E-state index in [-0.39, 0.29) is 17.9 Å². The third-order valence-corrected chi connectivity index (χ3v) is 6.11. The van der Waals surface area contributed by atoms with Crippen LogP contribution in [0.25, 0.3) is 0 Å². The number of dihydropyridines is 1. The molecule has 1 fully saturated rings. The van der Waals surface area contributed by atoms with Gasteiger partial charge in [-0.25, -0.2) is 0 Å². The van der Waals surface area contributed by atoms with Crippen molar-refractivity contribution >= 4 is 29.1 Å². The second-order valence-electron chi connectivity index (χ2n) is 8.99. The fourth-order valence-corrected chi connectivity index (χ4v) is 4.15. The summed E-state index contributed by atoms with van der Waals surface area (Å²) in [5.41, 5.74) is 1.60. The van der Waals surface area contributed by atoms with Gasteiger partial charge in [0.05, 0.1) is 5.70 Å². The van der Waals surface area contributed by atoms with E-state index >= 15 is 0 Å². The Morgan fingerprint density at radius 2 is 1.69 bits per heavy atom. The molecule has 0 atom stereocenters. The van der Waals surface area contributed by atoms with E-state index in [1.165, 1.54) is 0 Å². The number of nitrogens with one attached hydrogen (secondary N) is 2. The quantitative estimate of drug-likeness (QED) is 0.758. The maximum absolute atomic E-state index is 12.9. The van der Waals surface area contributed by atoms with Gasteiger partial charge in [-0.05, 0) is 67.7 Å². The smallest absolute Gasteiger partial charge is 0.271 e. The van der Waals surface area contributed by atoms with Crippen LogP contribution in [-0.4, -0.2) is 30.1 Å². The lowest BCUT2D eigenvalue weighted by atomic mass is 9.71. The molecule has 6 heteroatoms. The van der Waals surface area contributed by atoms with Gasteiger partial charge in [0.1, 0.15) is 5.71 Å². The van der Waals surface area contributed by atoms with Crippen molar-refractivity contribution in [1.82, 2.24) is 10.6 Å². The second-order valence-corrected chi connectivity index (χ2v) is 9.42. The summed E-state index contributed by atoms with van der Waals surface area (Å²) in [5.74, 6) is 0.212. The molecule has 1 saturated carbocycles. The van der Waals surface area contributed by atoms with E-state index in [1.807, 2.05) is 6.08 Å². The highest BCUT2D eigenvalue weighted by Gasteiger charge is 2.31. The Bertz CT molecular complexity index is 814. The molecule has 0 spiro atoms. The number of benzene rings is 1. The fraction of sp³-hybridized carbons (Fsp3) is 0.522. The first-order valence-corrected chi connectivity index (χ1v) is 10.7. The molecule has 1 aromatic carbocycles. The molecule has 0 radical (unpaired) electrons. The number of hydrogen-bond donors (Lipinski definition) is 2. The fourth-order valence-electron chi connectivity index (χ4n) is 4.02. The van der Waals surface area contributed by atoms with Gasteiger partial charge in [0, 0.05) is 23.2 Å². The monoisotopic (exact) mass is 415 g/mol. The standard InChI is InChI=1S/C23H30ClN3O2/c1-23(2,3)16-8-12-18(13-9-16)26-22(29)20-19(5-4-14-25-20)27-21(28)15-6-10-17(24)11-7-15/h5-7,10-11,16,18H,4,8-9,12-14H2,1-3H3,(H,26,29)(H,27,28). The number of carbonyl (C=O) groups excluding carboxylic acids is 2. The number of nitrogens with zero attached hydrogens (tertiary/aromatic N) is 1. The van der Waals surface area contributed by atoms with Crippen LogP contribution in [0.15, 0.2) is 41.0 Å². The predicted octanol–water partition coefficient (Wildman–Crippen LogP) is 4.52. The first-order valence-electron chi connectivity index (χ1n) is 10.4. The molecule has 0 saturated heterocycles. The molecular weight excluding hydrogens is 386 g/mol. The van der Waals surface area contributed by atoms with Crippen LogP contribution >= 0.6 is 11.6 Å². The number of hydrogen-bond acceptors (Lipinski definition) is 3.